The first-order valence-corrected chi connectivity index (χ1v) is 7.74. The Morgan fingerprint density at radius 3 is 2.75 bits per heavy atom. The molecule has 1 fully saturated rings. The number of ether oxygens (including phenoxy) is 1. The summed E-state index contributed by atoms with van der Waals surface area (Å²) in [4.78, 5) is 2.38. The average Bonchev–Trinajstić information content (AvgIpc) is 3.26. The van der Waals surface area contributed by atoms with Gasteiger partial charge in [-0.3, -0.25) is 4.90 Å². The Kier molecular flexibility index (Phi) is 6.12. The second-order valence-corrected chi connectivity index (χ2v) is 5.99. The molecule has 5 heteroatoms. The van der Waals surface area contributed by atoms with Gasteiger partial charge >= 0.3 is 0 Å². The Balaban J connectivity index is 1.89. The van der Waals surface area contributed by atoms with Crippen molar-refractivity contribution >= 4 is 23.2 Å². The average molecular weight is 318 g/mol. The van der Waals surface area contributed by atoms with Crippen molar-refractivity contribution in [3.05, 3.63) is 33.8 Å². The Morgan fingerprint density at radius 1 is 1.35 bits per heavy atom. The van der Waals surface area contributed by atoms with Gasteiger partial charge in [0.15, 0.2) is 0 Å². The minimum Gasteiger partial charge on any atom is -0.388 e. The zero-order chi connectivity index (χ0) is 14.5. The summed E-state index contributed by atoms with van der Waals surface area (Å²) in [6.07, 6.45) is 2.57. The predicted molar refractivity (Wildman–Crippen MR) is 82.5 cm³/mol. The monoisotopic (exact) mass is 317 g/mol. The van der Waals surface area contributed by atoms with Gasteiger partial charge in [0.05, 0.1) is 22.8 Å². The van der Waals surface area contributed by atoms with E-state index in [4.69, 9.17) is 27.9 Å². The van der Waals surface area contributed by atoms with Crippen LogP contribution in [0.1, 0.15) is 30.9 Å². The van der Waals surface area contributed by atoms with Crippen molar-refractivity contribution in [2.24, 2.45) is 0 Å². The molecule has 112 valence electrons. The van der Waals surface area contributed by atoms with Crippen LogP contribution in [0.25, 0.3) is 0 Å². The summed E-state index contributed by atoms with van der Waals surface area (Å²) >= 11 is 12.1. The SMILES string of the molecule is COCCN(CCC(O)c1cccc(Cl)c1Cl)C1CC1. The number of hydrogen-bond donors (Lipinski definition) is 1. The normalized spacial score (nSPS) is 16.6. The van der Waals surface area contributed by atoms with Gasteiger partial charge in [-0.25, -0.2) is 0 Å². The number of hydrogen-bond acceptors (Lipinski definition) is 3. The van der Waals surface area contributed by atoms with Gasteiger partial charge in [-0.2, -0.15) is 0 Å². The molecular formula is C15H21Cl2NO2. The van der Waals surface area contributed by atoms with Crippen molar-refractivity contribution < 1.29 is 9.84 Å². The quantitative estimate of drug-likeness (QED) is 0.796. The third-order valence-electron chi connectivity index (χ3n) is 3.68. The van der Waals surface area contributed by atoms with Crippen molar-refractivity contribution in [2.75, 3.05) is 26.8 Å². The summed E-state index contributed by atoms with van der Waals surface area (Å²) in [6, 6.07) is 6.04. The van der Waals surface area contributed by atoms with Gasteiger partial charge in [0.25, 0.3) is 0 Å². The summed E-state index contributed by atoms with van der Waals surface area (Å²) in [5.74, 6) is 0. The van der Waals surface area contributed by atoms with Crippen LogP contribution in [0, 0.1) is 0 Å². The highest BCUT2D eigenvalue weighted by Crippen LogP contribution is 2.32. The van der Waals surface area contributed by atoms with Crippen LogP contribution in [-0.2, 0) is 4.74 Å². The number of benzene rings is 1. The maximum atomic E-state index is 10.3. The first-order chi connectivity index (χ1) is 9.63. The number of halogens is 2. The van der Waals surface area contributed by atoms with Gasteiger partial charge in [-0.05, 0) is 25.3 Å². The topological polar surface area (TPSA) is 32.7 Å². The van der Waals surface area contributed by atoms with Gasteiger partial charge in [0.1, 0.15) is 0 Å². The van der Waals surface area contributed by atoms with Gasteiger partial charge in [0.2, 0.25) is 0 Å². The lowest BCUT2D eigenvalue weighted by Gasteiger charge is -2.23. The van der Waals surface area contributed by atoms with E-state index < -0.39 is 6.10 Å². The molecule has 20 heavy (non-hydrogen) atoms. The van der Waals surface area contributed by atoms with Crippen LogP contribution in [0.5, 0.6) is 0 Å². The van der Waals surface area contributed by atoms with E-state index in [1.807, 2.05) is 12.1 Å². The predicted octanol–water partition coefficient (Wildman–Crippen LogP) is 3.53. The fraction of sp³-hybridized carbons (Fsp3) is 0.600. The van der Waals surface area contributed by atoms with Gasteiger partial charge in [0, 0.05) is 31.8 Å². The molecule has 2 rings (SSSR count). The first-order valence-electron chi connectivity index (χ1n) is 6.98. The third kappa shape index (κ3) is 4.34. The molecule has 1 aromatic rings. The molecule has 0 saturated heterocycles. The van der Waals surface area contributed by atoms with E-state index in [0.717, 1.165) is 19.7 Å². The van der Waals surface area contributed by atoms with E-state index >= 15 is 0 Å². The van der Waals surface area contributed by atoms with Crippen LogP contribution < -0.4 is 0 Å². The molecule has 1 saturated carbocycles. The molecule has 1 N–H and O–H groups in total. The van der Waals surface area contributed by atoms with E-state index in [1.54, 1.807) is 13.2 Å². The molecule has 1 aliphatic carbocycles. The van der Waals surface area contributed by atoms with E-state index in [-0.39, 0.29) is 0 Å². The smallest absolute Gasteiger partial charge is 0.0817 e. The summed E-state index contributed by atoms with van der Waals surface area (Å²) in [7, 11) is 1.71. The van der Waals surface area contributed by atoms with Crippen molar-refractivity contribution in [3.63, 3.8) is 0 Å². The highest BCUT2D eigenvalue weighted by atomic mass is 35.5. The minimum atomic E-state index is -0.579. The number of aliphatic hydroxyl groups excluding tert-OH is 1. The highest BCUT2D eigenvalue weighted by Gasteiger charge is 2.29. The lowest BCUT2D eigenvalue weighted by Crippen LogP contribution is -2.31. The van der Waals surface area contributed by atoms with E-state index in [1.165, 1.54) is 12.8 Å². The zero-order valence-corrected chi connectivity index (χ0v) is 13.2. The largest absolute Gasteiger partial charge is 0.388 e. The fourth-order valence-corrected chi connectivity index (χ4v) is 2.78. The Labute approximate surface area is 130 Å². The molecule has 1 aliphatic rings. The molecule has 1 atom stereocenters. The molecule has 0 aliphatic heterocycles. The first kappa shape index (κ1) is 16.1. The highest BCUT2D eigenvalue weighted by molar-refractivity contribution is 6.42. The van der Waals surface area contributed by atoms with E-state index in [0.29, 0.717) is 28.1 Å². The van der Waals surface area contributed by atoms with Crippen LogP contribution in [0.2, 0.25) is 10.0 Å². The fourth-order valence-electron chi connectivity index (χ4n) is 2.35. The molecule has 1 unspecified atom stereocenters. The van der Waals surface area contributed by atoms with Crippen molar-refractivity contribution in [1.29, 1.82) is 0 Å². The molecular weight excluding hydrogens is 297 g/mol. The lowest BCUT2D eigenvalue weighted by molar-refractivity contribution is 0.114. The Bertz CT molecular complexity index is 438. The maximum absolute atomic E-state index is 10.3. The Morgan fingerprint density at radius 2 is 2.10 bits per heavy atom. The minimum absolute atomic E-state index is 0.455. The van der Waals surface area contributed by atoms with Crippen LogP contribution in [0.15, 0.2) is 18.2 Å². The molecule has 3 nitrogen and oxygen atoms in total. The summed E-state index contributed by atoms with van der Waals surface area (Å²) < 4.78 is 5.13. The number of rotatable bonds is 8. The van der Waals surface area contributed by atoms with E-state index in [9.17, 15) is 5.11 Å². The summed E-state index contributed by atoms with van der Waals surface area (Å²) in [5.41, 5.74) is 0.710. The van der Waals surface area contributed by atoms with Crippen molar-refractivity contribution in [1.82, 2.24) is 4.90 Å². The third-order valence-corrected chi connectivity index (χ3v) is 4.51. The van der Waals surface area contributed by atoms with Gasteiger partial charge in [-0.15, -0.1) is 0 Å². The molecule has 0 spiro atoms. The van der Waals surface area contributed by atoms with Crippen LogP contribution in [-0.4, -0.2) is 42.9 Å². The van der Waals surface area contributed by atoms with Crippen LogP contribution in [0.4, 0.5) is 0 Å². The van der Waals surface area contributed by atoms with Crippen LogP contribution in [0.3, 0.4) is 0 Å². The maximum Gasteiger partial charge on any atom is 0.0817 e. The number of methoxy groups -OCH3 is 1. The molecule has 0 heterocycles. The molecule has 0 bridgehead atoms. The summed E-state index contributed by atoms with van der Waals surface area (Å²) in [6.45, 7) is 2.49. The number of aliphatic hydroxyl groups is 1. The van der Waals surface area contributed by atoms with Crippen molar-refractivity contribution in [3.8, 4) is 0 Å². The van der Waals surface area contributed by atoms with Gasteiger partial charge < -0.3 is 9.84 Å². The zero-order valence-electron chi connectivity index (χ0n) is 11.7. The second-order valence-electron chi connectivity index (χ2n) is 5.21. The standard InChI is InChI=1S/C15H21Cl2NO2/c1-20-10-9-18(11-5-6-11)8-7-14(19)12-3-2-4-13(16)15(12)17/h2-4,11,14,19H,5-10H2,1H3. The number of nitrogens with zero attached hydrogens (tertiary/aromatic N) is 1. The van der Waals surface area contributed by atoms with Crippen molar-refractivity contribution in [2.45, 2.75) is 31.4 Å². The van der Waals surface area contributed by atoms with Crippen LogP contribution >= 0.6 is 23.2 Å². The Hall–Kier alpha value is -0.320. The molecule has 0 aromatic heterocycles. The lowest BCUT2D eigenvalue weighted by atomic mass is 10.1. The van der Waals surface area contributed by atoms with E-state index in [2.05, 4.69) is 4.90 Å². The molecule has 0 amide bonds. The summed E-state index contributed by atoms with van der Waals surface area (Å²) in [5, 5.41) is 11.2. The molecule has 0 radical (unpaired) electrons. The second kappa shape index (κ2) is 7.62. The van der Waals surface area contributed by atoms with Gasteiger partial charge in [-0.1, -0.05) is 35.3 Å². The molecule has 1 aromatic carbocycles.